The van der Waals surface area contributed by atoms with Gasteiger partial charge in [0.1, 0.15) is 0 Å². The van der Waals surface area contributed by atoms with Crippen molar-refractivity contribution >= 4 is 11.9 Å². The van der Waals surface area contributed by atoms with Crippen LogP contribution in [0.1, 0.15) is 373 Å². The molecule has 0 heterocycles. The van der Waals surface area contributed by atoms with Crippen molar-refractivity contribution in [1.82, 2.24) is 5.32 Å². The molecule has 0 aromatic carbocycles. The highest BCUT2D eigenvalue weighted by Crippen LogP contribution is 2.19. The highest BCUT2D eigenvalue weighted by Gasteiger charge is 2.20. The first-order chi connectivity index (χ1) is 36.5. The van der Waals surface area contributed by atoms with Crippen molar-refractivity contribution in [2.75, 3.05) is 13.2 Å². The lowest BCUT2D eigenvalue weighted by Crippen LogP contribution is -2.45. The van der Waals surface area contributed by atoms with E-state index in [1.54, 1.807) is 0 Å². The van der Waals surface area contributed by atoms with E-state index in [-0.39, 0.29) is 18.5 Å². The second-order valence-electron chi connectivity index (χ2n) is 23.2. The van der Waals surface area contributed by atoms with Crippen molar-refractivity contribution in [2.45, 2.75) is 386 Å². The van der Waals surface area contributed by atoms with Gasteiger partial charge in [0.25, 0.3) is 0 Å². The van der Waals surface area contributed by atoms with Gasteiger partial charge in [0, 0.05) is 12.8 Å². The summed E-state index contributed by atoms with van der Waals surface area (Å²) in [4.78, 5) is 24.7. The predicted molar refractivity (Wildman–Crippen MR) is 324 cm³/mol. The maximum absolute atomic E-state index is 12.5. The summed E-state index contributed by atoms with van der Waals surface area (Å²) in [5.74, 6) is -0.0513. The van der Waals surface area contributed by atoms with E-state index in [1.807, 2.05) is 0 Å². The average Bonchev–Trinajstić information content (AvgIpc) is 3.40. The van der Waals surface area contributed by atoms with E-state index in [0.29, 0.717) is 25.9 Å². The van der Waals surface area contributed by atoms with Crippen LogP contribution in [0.4, 0.5) is 0 Å². The minimum absolute atomic E-state index is 0.00777. The minimum Gasteiger partial charge on any atom is -0.466 e. The minimum atomic E-state index is -0.675. The Bertz CT molecular complexity index is 1150. The summed E-state index contributed by atoms with van der Waals surface area (Å²) < 4.78 is 5.49. The SMILES string of the molecule is CCCCC/C=C\C/C=C\CCCCCCCCCCCC(=O)OCCCCCCCCCCCCCCCC(=O)NC(CO)C(O)CCCCCCCCCCCCCCCCCCCCCCCCCCC. The van der Waals surface area contributed by atoms with Gasteiger partial charge in [-0.15, -0.1) is 0 Å². The molecule has 0 radical (unpaired) electrons. The zero-order chi connectivity index (χ0) is 53.6. The van der Waals surface area contributed by atoms with Crippen LogP contribution >= 0.6 is 0 Å². The van der Waals surface area contributed by atoms with Gasteiger partial charge in [0.15, 0.2) is 0 Å². The third kappa shape index (κ3) is 59.6. The number of esters is 1. The molecule has 2 unspecified atom stereocenters. The van der Waals surface area contributed by atoms with E-state index < -0.39 is 12.1 Å². The predicted octanol–water partition coefficient (Wildman–Crippen LogP) is 21.4. The first kappa shape index (κ1) is 72.3. The van der Waals surface area contributed by atoms with Crippen molar-refractivity contribution < 1.29 is 24.5 Å². The number of hydrogen-bond acceptors (Lipinski definition) is 5. The summed E-state index contributed by atoms with van der Waals surface area (Å²) in [7, 11) is 0. The topological polar surface area (TPSA) is 95.9 Å². The van der Waals surface area contributed by atoms with Gasteiger partial charge in [-0.2, -0.15) is 0 Å². The summed E-state index contributed by atoms with van der Waals surface area (Å²) in [5.41, 5.74) is 0. The second-order valence-corrected chi connectivity index (χ2v) is 23.2. The molecule has 6 heteroatoms. The molecule has 1 amide bonds. The first-order valence-electron chi connectivity index (χ1n) is 33.6. The lowest BCUT2D eigenvalue weighted by atomic mass is 10.0. The van der Waals surface area contributed by atoms with E-state index in [4.69, 9.17) is 4.74 Å². The molecule has 438 valence electrons. The number of hydrogen-bond donors (Lipinski definition) is 3. The summed E-state index contributed by atoms with van der Waals surface area (Å²) in [6.07, 6.45) is 79.1. The Morgan fingerprint density at radius 1 is 0.378 bits per heavy atom. The fourth-order valence-corrected chi connectivity index (χ4v) is 10.6. The normalized spacial score (nSPS) is 12.6. The maximum atomic E-state index is 12.5. The molecule has 2 atom stereocenters. The Labute approximate surface area is 462 Å². The Morgan fingerprint density at radius 3 is 1.05 bits per heavy atom. The number of unbranched alkanes of at least 4 members (excludes halogenated alkanes) is 48. The highest BCUT2D eigenvalue weighted by atomic mass is 16.5. The zero-order valence-electron chi connectivity index (χ0n) is 50.1. The number of carbonyl (C=O) groups is 2. The fourth-order valence-electron chi connectivity index (χ4n) is 10.6. The third-order valence-corrected chi connectivity index (χ3v) is 15.8. The summed E-state index contributed by atoms with van der Waals surface area (Å²) in [5, 5.41) is 23.4. The van der Waals surface area contributed by atoms with Crippen LogP contribution in [0.3, 0.4) is 0 Å². The molecule has 0 aliphatic rings. The Hall–Kier alpha value is -1.66. The van der Waals surface area contributed by atoms with Crippen molar-refractivity contribution in [2.24, 2.45) is 0 Å². The Kier molecular flexibility index (Phi) is 62.4. The number of aliphatic hydroxyl groups is 2. The van der Waals surface area contributed by atoms with Gasteiger partial charge in [-0.05, 0) is 57.8 Å². The van der Waals surface area contributed by atoms with Gasteiger partial charge >= 0.3 is 5.97 Å². The van der Waals surface area contributed by atoms with E-state index in [9.17, 15) is 19.8 Å². The van der Waals surface area contributed by atoms with Crippen molar-refractivity contribution in [1.29, 1.82) is 0 Å². The number of rotatable bonds is 63. The van der Waals surface area contributed by atoms with Crippen LogP contribution in [-0.4, -0.2) is 47.4 Å². The number of allylic oxidation sites excluding steroid dienone is 4. The first-order valence-corrected chi connectivity index (χ1v) is 33.6. The molecular formula is C68H131NO5. The molecule has 0 aliphatic carbocycles. The standard InChI is InChI=1S/C68H131NO5/c1-3-5-7-9-11-13-15-17-19-21-23-24-25-26-27-28-30-31-33-36-40-44-48-52-56-60-66(71)65(64-70)69-67(72)61-57-53-49-45-41-37-35-39-43-47-51-55-59-63-74-68(73)62-58-54-50-46-42-38-34-32-29-22-20-18-16-14-12-10-8-6-4-2/h12,14,18,20,65-66,70-71H,3-11,13,15-17,19,21-64H2,1-2H3,(H,69,72)/b14-12-,20-18-. The molecular weight excluding hydrogens is 911 g/mol. The summed E-state index contributed by atoms with van der Waals surface area (Å²) in [6.45, 7) is 4.93. The van der Waals surface area contributed by atoms with Gasteiger partial charge in [0.05, 0.1) is 25.4 Å². The lowest BCUT2D eigenvalue weighted by molar-refractivity contribution is -0.143. The van der Waals surface area contributed by atoms with Crippen molar-refractivity contribution in [3.63, 3.8) is 0 Å². The Morgan fingerprint density at radius 2 is 0.676 bits per heavy atom. The molecule has 0 saturated carbocycles. The van der Waals surface area contributed by atoms with E-state index in [2.05, 4.69) is 43.5 Å². The van der Waals surface area contributed by atoms with Gasteiger partial charge in [-0.1, -0.05) is 327 Å². The van der Waals surface area contributed by atoms with Crippen LogP contribution in [0.5, 0.6) is 0 Å². The second kappa shape index (κ2) is 63.9. The zero-order valence-corrected chi connectivity index (χ0v) is 50.1. The van der Waals surface area contributed by atoms with Crippen LogP contribution < -0.4 is 5.32 Å². The van der Waals surface area contributed by atoms with Crippen LogP contribution in [0.15, 0.2) is 24.3 Å². The summed E-state index contributed by atoms with van der Waals surface area (Å²) in [6, 6.07) is -0.553. The lowest BCUT2D eigenvalue weighted by Gasteiger charge is -2.22. The molecule has 6 nitrogen and oxygen atoms in total. The maximum Gasteiger partial charge on any atom is 0.305 e. The number of carbonyl (C=O) groups excluding carboxylic acids is 2. The number of nitrogens with one attached hydrogen (secondary N) is 1. The molecule has 0 aliphatic heterocycles. The molecule has 0 rings (SSSR count). The summed E-state index contributed by atoms with van der Waals surface area (Å²) >= 11 is 0. The molecule has 0 aromatic heterocycles. The molecule has 74 heavy (non-hydrogen) atoms. The largest absolute Gasteiger partial charge is 0.466 e. The van der Waals surface area contributed by atoms with Crippen LogP contribution in [0.2, 0.25) is 0 Å². The number of amides is 1. The molecule has 0 saturated heterocycles. The molecule has 0 aromatic rings. The van der Waals surface area contributed by atoms with Crippen LogP contribution in [0, 0.1) is 0 Å². The van der Waals surface area contributed by atoms with Crippen LogP contribution in [0.25, 0.3) is 0 Å². The van der Waals surface area contributed by atoms with Gasteiger partial charge in [0.2, 0.25) is 5.91 Å². The van der Waals surface area contributed by atoms with Crippen molar-refractivity contribution in [3.8, 4) is 0 Å². The fraction of sp³-hybridized carbons (Fsp3) is 0.912. The van der Waals surface area contributed by atoms with E-state index >= 15 is 0 Å². The molecule has 3 N–H and O–H groups in total. The number of ether oxygens (including phenoxy) is 1. The molecule has 0 fully saturated rings. The van der Waals surface area contributed by atoms with E-state index in [1.165, 1.54) is 283 Å². The smallest absolute Gasteiger partial charge is 0.305 e. The monoisotopic (exact) mass is 1040 g/mol. The quantitative estimate of drug-likeness (QED) is 0.0320. The van der Waals surface area contributed by atoms with Gasteiger partial charge < -0.3 is 20.3 Å². The van der Waals surface area contributed by atoms with Gasteiger partial charge in [-0.3, -0.25) is 9.59 Å². The van der Waals surface area contributed by atoms with Gasteiger partial charge in [-0.25, -0.2) is 0 Å². The Balaban J connectivity index is 3.42. The third-order valence-electron chi connectivity index (χ3n) is 15.8. The molecule has 0 spiro atoms. The van der Waals surface area contributed by atoms with Crippen LogP contribution in [-0.2, 0) is 14.3 Å². The highest BCUT2D eigenvalue weighted by molar-refractivity contribution is 5.76. The number of aliphatic hydroxyl groups excluding tert-OH is 2. The van der Waals surface area contributed by atoms with E-state index in [0.717, 1.165) is 57.8 Å². The molecule has 0 bridgehead atoms. The average molecular weight is 1040 g/mol. The van der Waals surface area contributed by atoms with Crippen molar-refractivity contribution in [3.05, 3.63) is 24.3 Å².